The Morgan fingerprint density at radius 1 is 0.678 bits per heavy atom. The number of rotatable bonds is 25. The maximum absolute atomic E-state index is 12.8. The molecule has 1 aliphatic heterocycles. The van der Waals surface area contributed by atoms with Crippen molar-refractivity contribution < 1.29 is 79.6 Å². The van der Waals surface area contributed by atoms with E-state index in [9.17, 15) is 55.5 Å². The Labute approximate surface area is 350 Å². The Bertz CT molecular complexity index is 1350. The van der Waals surface area contributed by atoms with E-state index in [1.165, 1.54) is 19.9 Å². The van der Waals surface area contributed by atoms with Gasteiger partial charge in [-0.15, -0.1) is 0 Å². The van der Waals surface area contributed by atoms with E-state index < -0.39 is 110 Å². The molecular weight excluding hydrogens is 772 g/mol. The van der Waals surface area contributed by atoms with E-state index in [1.807, 2.05) is 19.9 Å². The number of hydrogen-bond acceptors (Lipinski definition) is 16. The van der Waals surface area contributed by atoms with Crippen molar-refractivity contribution in [1.82, 2.24) is 0 Å². The van der Waals surface area contributed by atoms with Crippen molar-refractivity contribution in [3.8, 4) is 0 Å². The summed E-state index contributed by atoms with van der Waals surface area (Å²) in [7, 11) is 0. The minimum atomic E-state index is -1.89. The van der Waals surface area contributed by atoms with Crippen LogP contribution < -0.4 is 0 Å². The summed E-state index contributed by atoms with van der Waals surface area (Å²) in [5.74, 6) is -2.35. The first-order valence-corrected chi connectivity index (χ1v) is 20.8. The molecule has 0 aliphatic carbocycles. The molecule has 0 unspecified atom stereocenters. The number of carbonyl (C=O) groups is 2. The summed E-state index contributed by atoms with van der Waals surface area (Å²) in [5.41, 5.74) is 1.10. The summed E-state index contributed by atoms with van der Waals surface area (Å²) in [6.45, 7) is 17.8. The SMILES string of the molecule is CC[C@H](C)C[C@H](C)C[C@H](C)[C@@H](O[C@@H]1O[C@H](COC(C)=O)[C@@H](O)[C@H](O)[C@@H]1O)[C@@H](C)/C=C(\C)[C@@H](O)[C@@H](C)/C=C(\C)[C@@H](O)[C@@H](C)/C=C(\C)C(=O)O[C@@H]([C@H](O)[C@H](O)CO)[C@H](O)CO. The van der Waals surface area contributed by atoms with E-state index in [-0.39, 0.29) is 24.0 Å². The average Bonchev–Trinajstić information content (AvgIpc) is 3.18. The first kappa shape index (κ1) is 54.7. The maximum atomic E-state index is 12.8. The summed E-state index contributed by atoms with van der Waals surface area (Å²) in [5, 5.41) is 103. The molecule has 59 heavy (non-hydrogen) atoms. The lowest BCUT2D eigenvalue weighted by Crippen LogP contribution is -2.60. The Morgan fingerprint density at radius 2 is 1.20 bits per heavy atom. The smallest absolute Gasteiger partial charge is 0.333 e. The highest BCUT2D eigenvalue weighted by molar-refractivity contribution is 5.88. The Balaban J connectivity index is 3.28. The highest BCUT2D eigenvalue weighted by Gasteiger charge is 2.46. The Hall–Kier alpha value is -2.32. The number of hydrogen-bond donors (Lipinski definition) is 10. The van der Waals surface area contributed by atoms with Crippen molar-refractivity contribution >= 4 is 11.9 Å². The third kappa shape index (κ3) is 17.2. The second-order valence-electron chi connectivity index (χ2n) is 17.0. The third-order valence-corrected chi connectivity index (χ3v) is 11.3. The van der Waals surface area contributed by atoms with E-state index in [0.717, 1.165) is 19.3 Å². The van der Waals surface area contributed by atoms with E-state index in [1.54, 1.807) is 33.8 Å². The van der Waals surface area contributed by atoms with Gasteiger partial charge in [0.2, 0.25) is 0 Å². The number of carbonyl (C=O) groups excluding carboxylic acids is 2. The summed E-state index contributed by atoms with van der Waals surface area (Å²) in [6, 6.07) is 0. The highest BCUT2D eigenvalue weighted by Crippen LogP contribution is 2.33. The van der Waals surface area contributed by atoms with Crippen LogP contribution >= 0.6 is 0 Å². The van der Waals surface area contributed by atoms with Gasteiger partial charge in [0.25, 0.3) is 0 Å². The molecular formula is C43H76O16. The van der Waals surface area contributed by atoms with Crippen molar-refractivity contribution in [2.75, 3.05) is 19.8 Å². The zero-order valence-corrected chi connectivity index (χ0v) is 36.8. The van der Waals surface area contributed by atoms with Crippen molar-refractivity contribution in [1.29, 1.82) is 0 Å². The van der Waals surface area contributed by atoms with Crippen molar-refractivity contribution in [2.45, 2.75) is 169 Å². The molecule has 0 amide bonds. The van der Waals surface area contributed by atoms with Gasteiger partial charge < -0.3 is 70.0 Å². The Kier molecular flexibility index (Phi) is 24.3. The fourth-order valence-corrected chi connectivity index (χ4v) is 7.63. The molecule has 344 valence electrons. The topological polar surface area (TPSA) is 273 Å². The largest absolute Gasteiger partial charge is 0.463 e. The maximum Gasteiger partial charge on any atom is 0.333 e. The van der Waals surface area contributed by atoms with Gasteiger partial charge in [-0.25, -0.2) is 4.79 Å². The molecule has 10 N–H and O–H groups in total. The lowest BCUT2D eigenvalue weighted by molar-refractivity contribution is -0.317. The van der Waals surface area contributed by atoms with Gasteiger partial charge in [-0.05, 0) is 62.5 Å². The van der Waals surface area contributed by atoms with Crippen LogP contribution in [0.2, 0.25) is 0 Å². The molecule has 16 heteroatoms. The predicted molar refractivity (Wildman–Crippen MR) is 218 cm³/mol. The predicted octanol–water partition coefficient (Wildman–Crippen LogP) is 1.29. The molecule has 1 aliphatic rings. The minimum absolute atomic E-state index is 0.00282. The summed E-state index contributed by atoms with van der Waals surface area (Å²) in [6.07, 6.45) is -9.28. The molecule has 0 saturated carbocycles. The normalized spacial score (nSPS) is 27.5. The lowest BCUT2D eigenvalue weighted by Gasteiger charge is -2.43. The second-order valence-corrected chi connectivity index (χ2v) is 17.0. The first-order chi connectivity index (χ1) is 27.4. The lowest BCUT2D eigenvalue weighted by atomic mass is 9.82. The monoisotopic (exact) mass is 849 g/mol. The minimum Gasteiger partial charge on any atom is -0.463 e. The van der Waals surface area contributed by atoms with Crippen LogP contribution in [0.4, 0.5) is 0 Å². The first-order valence-electron chi connectivity index (χ1n) is 20.8. The van der Waals surface area contributed by atoms with Gasteiger partial charge in [-0.1, -0.05) is 73.1 Å². The van der Waals surface area contributed by atoms with Gasteiger partial charge in [0.15, 0.2) is 12.4 Å². The van der Waals surface area contributed by atoms with Gasteiger partial charge in [-0.3, -0.25) is 4.79 Å². The summed E-state index contributed by atoms with van der Waals surface area (Å²) in [4.78, 5) is 24.3. The number of esters is 2. The van der Waals surface area contributed by atoms with Crippen molar-refractivity contribution in [3.63, 3.8) is 0 Å². The second kappa shape index (κ2) is 26.2. The molecule has 0 aromatic heterocycles. The van der Waals surface area contributed by atoms with Crippen LogP contribution in [0.1, 0.15) is 95.4 Å². The molecule has 1 saturated heterocycles. The van der Waals surface area contributed by atoms with Crippen LogP contribution in [0, 0.1) is 35.5 Å². The number of aliphatic hydroxyl groups is 10. The number of aliphatic hydroxyl groups excluding tert-OH is 10. The molecule has 0 aromatic carbocycles. The molecule has 1 heterocycles. The zero-order valence-electron chi connectivity index (χ0n) is 36.8. The molecule has 1 rings (SSSR count). The fourth-order valence-electron chi connectivity index (χ4n) is 7.63. The molecule has 1 fully saturated rings. The van der Waals surface area contributed by atoms with Gasteiger partial charge in [-0.2, -0.15) is 0 Å². The van der Waals surface area contributed by atoms with E-state index in [2.05, 4.69) is 20.8 Å². The van der Waals surface area contributed by atoms with E-state index in [0.29, 0.717) is 23.0 Å². The molecule has 0 aromatic rings. The van der Waals surface area contributed by atoms with E-state index in [4.69, 9.17) is 24.1 Å². The van der Waals surface area contributed by atoms with Gasteiger partial charge >= 0.3 is 11.9 Å². The number of ether oxygens (including phenoxy) is 4. The molecule has 18 atom stereocenters. The third-order valence-electron chi connectivity index (χ3n) is 11.3. The van der Waals surface area contributed by atoms with Crippen LogP contribution in [0.15, 0.2) is 34.9 Å². The van der Waals surface area contributed by atoms with Crippen molar-refractivity contribution in [3.05, 3.63) is 34.9 Å². The zero-order chi connectivity index (χ0) is 45.5. The highest BCUT2D eigenvalue weighted by atomic mass is 16.7. The average molecular weight is 849 g/mol. The summed E-state index contributed by atoms with van der Waals surface area (Å²) < 4.78 is 22.5. The van der Waals surface area contributed by atoms with Crippen LogP contribution in [-0.2, 0) is 28.5 Å². The van der Waals surface area contributed by atoms with Crippen LogP contribution in [-0.4, -0.2) is 156 Å². The Morgan fingerprint density at radius 3 is 1.71 bits per heavy atom. The molecule has 0 spiro atoms. The molecule has 16 nitrogen and oxygen atoms in total. The quantitative estimate of drug-likeness (QED) is 0.0352. The van der Waals surface area contributed by atoms with Gasteiger partial charge in [0, 0.05) is 30.3 Å². The van der Waals surface area contributed by atoms with Gasteiger partial charge in [0.05, 0.1) is 31.5 Å². The van der Waals surface area contributed by atoms with Crippen LogP contribution in [0.5, 0.6) is 0 Å². The van der Waals surface area contributed by atoms with E-state index >= 15 is 0 Å². The molecule has 0 bridgehead atoms. The van der Waals surface area contributed by atoms with Gasteiger partial charge in [0.1, 0.15) is 49.3 Å². The van der Waals surface area contributed by atoms with Crippen LogP contribution in [0.25, 0.3) is 0 Å². The standard InChI is InChI=1S/C43H76O16/c1-12-21(2)13-22(3)14-27(8)40(59-43-39(54)38(53)37(52)33(57-43)20-56-30(11)46)28(9)16-25(6)34(49)23(4)15-24(5)35(50)26(7)17-29(10)42(55)58-41(32(48)19-45)36(51)31(47)18-44/h15-17,21-23,26-28,31-41,43-45,47-54H,12-14,18-20H2,1-11H3/b24-15+,25-16+,29-17+/t21-,22-,23-,26-,27-,28-,31+,32+,33+,34-,35+,36+,37+,38-,39-,40+,41+,43-/m0/s1. The van der Waals surface area contributed by atoms with Crippen molar-refractivity contribution in [2.24, 2.45) is 35.5 Å². The van der Waals surface area contributed by atoms with Crippen LogP contribution in [0.3, 0.4) is 0 Å². The fraction of sp³-hybridized carbons (Fsp3) is 0.814. The summed E-state index contributed by atoms with van der Waals surface area (Å²) >= 11 is 0. The molecule has 0 radical (unpaired) electrons.